The number of unbranched alkanes of at least 4 members (excludes halogenated alkanes) is 1. The van der Waals surface area contributed by atoms with Crippen molar-refractivity contribution in [3.05, 3.63) is 47.8 Å². The maximum absolute atomic E-state index is 13.0. The Morgan fingerprint density at radius 2 is 1.89 bits per heavy atom. The fourth-order valence-electron chi connectivity index (χ4n) is 1.74. The van der Waals surface area contributed by atoms with Gasteiger partial charge in [-0.3, -0.25) is 0 Å². The van der Waals surface area contributed by atoms with Crippen LogP contribution in [-0.2, 0) is 4.74 Å². The zero-order valence-electron chi connectivity index (χ0n) is 10.3. The normalized spacial score (nSPS) is 10.6. The van der Waals surface area contributed by atoms with Gasteiger partial charge in [-0.25, -0.2) is 9.18 Å². The van der Waals surface area contributed by atoms with E-state index >= 15 is 0 Å². The van der Waals surface area contributed by atoms with E-state index in [4.69, 9.17) is 4.74 Å². The van der Waals surface area contributed by atoms with Gasteiger partial charge in [0.05, 0.1) is 12.2 Å². The van der Waals surface area contributed by atoms with Crippen LogP contribution < -0.4 is 0 Å². The van der Waals surface area contributed by atoms with Crippen molar-refractivity contribution in [2.24, 2.45) is 0 Å². The topological polar surface area (TPSA) is 26.3 Å². The number of rotatable bonds is 4. The number of carbonyl (C=O) groups excluding carboxylic acids is 1. The molecular formula is C15H15FO2. The Kier molecular flexibility index (Phi) is 3.92. The first-order valence-corrected chi connectivity index (χ1v) is 6.07. The molecule has 0 aliphatic carbocycles. The van der Waals surface area contributed by atoms with E-state index in [0.29, 0.717) is 12.2 Å². The van der Waals surface area contributed by atoms with Crippen molar-refractivity contribution in [2.45, 2.75) is 19.8 Å². The molecule has 0 unspecified atom stereocenters. The smallest absolute Gasteiger partial charge is 0.338 e. The van der Waals surface area contributed by atoms with Gasteiger partial charge in [0.15, 0.2) is 0 Å². The Morgan fingerprint density at radius 1 is 1.17 bits per heavy atom. The van der Waals surface area contributed by atoms with E-state index in [1.165, 1.54) is 12.1 Å². The average Bonchev–Trinajstić information content (AvgIpc) is 2.38. The van der Waals surface area contributed by atoms with Crippen LogP contribution >= 0.6 is 0 Å². The third-order valence-corrected chi connectivity index (χ3v) is 2.77. The molecule has 94 valence electrons. The predicted octanol–water partition coefficient (Wildman–Crippen LogP) is 3.94. The van der Waals surface area contributed by atoms with Gasteiger partial charge in [-0.05, 0) is 41.5 Å². The van der Waals surface area contributed by atoms with Gasteiger partial charge in [0, 0.05) is 0 Å². The monoisotopic (exact) mass is 246 g/mol. The van der Waals surface area contributed by atoms with Gasteiger partial charge >= 0.3 is 5.97 Å². The molecule has 2 aromatic rings. The van der Waals surface area contributed by atoms with E-state index in [1.54, 1.807) is 24.3 Å². The van der Waals surface area contributed by atoms with Crippen molar-refractivity contribution in [3.63, 3.8) is 0 Å². The first-order chi connectivity index (χ1) is 8.70. The van der Waals surface area contributed by atoms with Crippen molar-refractivity contribution in [1.29, 1.82) is 0 Å². The number of halogens is 1. The van der Waals surface area contributed by atoms with Crippen LogP contribution in [0.4, 0.5) is 4.39 Å². The summed E-state index contributed by atoms with van der Waals surface area (Å²) >= 11 is 0. The van der Waals surface area contributed by atoms with Crippen LogP contribution in [0.5, 0.6) is 0 Å². The zero-order chi connectivity index (χ0) is 13.0. The van der Waals surface area contributed by atoms with E-state index in [-0.39, 0.29) is 11.8 Å². The van der Waals surface area contributed by atoms with Gasteiger partial charge in [-0.2, -0.15) is 0 Å². The Hall–Kier alpha value is -1.90. The average molecular weight is 246 g/mol. The SMILES string of the molecule is CCCCOC(=O)c1ccc2cc(F)ccc2c1. The van der Waals surface area contributed by atoms with E-state index in [9.17, 15) is 9.18 Å². The summed E-state index contributed by atoms with van der Waals surface area (Å²) in [6.45, 7) is 2.48. The fraction of sp³-hybridized carbons (Fsp3) is 0.267. The Bertz CT molecular complexity index is 563. The first-order valence-electron chi connectivity index (χ1n) is 6.07. The molecule has 0 N–H and O–H groups in total. The minimum absolute atomic E-state index is 0.277. The van der Waals surface area contributed by atoms with Crippen molar-refractivity contribution < 1.29 is 13.9 Å². The van der Waals surface area contributed by atoms with Gasteiger partial charge in [0.2, 0.25) is 0 Å². The van der Waals surface area contributed by atoms with E-state index in [2.05, 4.69) is 0 Å². The predicted molar refractivity (Wildman–Crippen MR) is 69.1 cm³/mol. The van der Waals surface area contributed by atoms with Crippen LogP contribution in [0.2, 0.25) is 0 Å². The van der Waals surface area contributed by atoms with Gasteiger partial charge in [-0.1, -0.05) is 25.5 Å². The maximum Gasteiger partial charge on any atom is 0.338 e. The van der Waals surface area contributed by atoms with Crippen LogP contribution in [0.25, 0.3) is 10.8 Å². The van der Waals surface area contributed by atoms with Gasteiger partial charge in [-0.15, -0.1) is 0 Å². The number of hydrogen-bond donors (Lipinski definition) is 0. The molecule has 0 saturated carbocycles. The number of fused-ring (bicyclic) bond motifs is 1. The van der Waals surface area contributed by atoms with Crippen LogP contribution in [-0.4, -0.2) is 12.6 Å². The molecule has 0 fully saturated rings. The van der Waals surface area contributed by atoms with Crippen molar-refractivity contribution in [3.8, 4) is 0 Å². The van der Waals surface area contributed by atoms with Crippen LogP contribution in [0.1, 0.15) is 30.1 Å². The zero-order valence-corrected chi connectivity index (χ0v) is 10.3. The van der Waals surface area contributed by atoms with Crippen LogP contribution in [0.3, 0.4) is 0 Å². The van der Waals surface area contributed by atoms with Crippen LogP contribution in [0.15, 0.2) is 36.4 Å². The molecule has 0 bridgehead atoms. The lowest BCUT2D eigenvalue weighted by atomic mass is 10.1. The molecule has 0 radical (unpaired) electrons. The highest BCUT2D eigenvalue weighted by Crippen LogP contribution is 2.18. The summed E-state index contributed by atoms with van der Waals surface area (Å²) in [5.41, 5.74) is 0.505. The number of hydrogen-bond acceptors (Lipinski definition) is 2. The largest absolute Gasteiger partial charge is 0.462 e. The molecule has 0 spiro atoms. The van der Waals surface area contributed by atoms with Gasteiger partial charge < -0.3 is 4.74 Å². The lowest BCUT2D eigenvalue weighted by molar-refractivity contribution is 0.0500. The van der Waals surface area contributed by atoms with E-state index < -0.39 is 0 Å². The highest BCUT2D eigenvalue weighted by atomic mass is 19.1. The summed E-state index contributed by atoms with van der Waals surface area (Å²) in [5, 5.41) is 1.61. The van der Waals surface area contributed by atoms with E-state index in [0.717, 1.165) is 23.6 Å². The van der Waals surface area contributed by atoms with Gasteiger partial charge in [0.1, 0.15) is 5.82 Å². The molecule has 0 atom stereocenters. The molecule has 18 heavy (non-hydrogen) atoms. The highest BCUT2D eigenvalue weighted by Gasteiger charge is 2.07. The summed E-state index contributed by atoms with van der Waals surface area (Å²) in [6, 6.07) is 9.61. The number of esters is 1. The molecule has 2 nitrogen and oxygen atoms in total. The third-order valence-electron chi connectivity index (χ3n) is 2.77. The lowest BCUT2D eigenvalue weighted by Crippen LogP contribution is -2.06. The quantitative estimate of drug-likeness (QED) is 0.603. The second-order valence-electron chi connectivity index (χ2n) is 4.20. The fourth-order valence-corrected chi connectivity index (χ4v) is 1.74. The molecule has 2 rings (SSSR count). The van der Waals surface area contributed by atoms with E-state index in [1.807, 2.05) is 6.92 Å². The number of ether oxygens (including phenoxy) is 1. The first kappa shape index (κ1) is 12.6. The molecule has 2 aromatic carbocycles. The molecular weight excluding hydrogens is 231 g/mol. The molecule has 0 aliphatic heterocycles. The minimum Gasteiger partial charge on any atom is -0.462 e. The molecule has 0 aromatic heterocycles. The summed E-state index contributed by atoms with van der Waals surface area (Å²) < 4.78 is 18.1. The van der Waals surface area contributed by atoms with Crippen molar-refractivity contribution >= 4 is 16.7 Å². The second kappa shape index (κ2) is 5.63. The number of benzene rings is 2. The van der Waals surface area contributed by atoms with Gasteiger partial charge in [0.25, 0.3) is 0 Å². The highest BCUT2D eigenvalue weighted by molar-refractivity contribution is 5.95. The Labute approximate surface area is 105 Å². The molecule has 0 saturated heterocycles. The molecule has 3 heteroatoms. The summed E-state index contributed by atoms with van der Waals surface area (Å²) in [4.78, 5) is 11.7. The summed E-state index contributed by atoms with van der Waals surface area (Å²) in [7, 11) is 0. The maximum atomic E-state index is 13.0. The molecule has 0 aliphatic rings. The summed E-state index contributed by atoms with van der Waals surface area (Å²) in [6.07, 6.45) is 1.86. The van der Waals surface area contributed by atoms with Crippen molar-refractivity contribution in [2.75, 3.05) is 6.61 Å². The standard InChI is InChI=1S/C15H15FO2/c1-2-3-8-18-15(17)13-5-4-12-10-14(16)7-6-11(12)9-13/h4-7,9-10H,2-3,8H2,1H3. The third kappa shape index (κ3) is 2.86. The van der Waals surface area contributed by atoms with Crippen LogP contribution in [0, 0.1) is 5.82 Å². The number of carbonyl (C=O) groups is 1. The Morgan fingerprint density at radius 3 is 2.67 bits per heavy atom. The second-order valence-corrected chi connectivity index (χ2v) is 4.20. The minimum atomic E-state index is -0.324. The Balaban J connectivity index is 2.19. The van der Waals surface area contributed by atoms with Crippen molar-refractivity contribution in [1.82, 2.24) is 0 Å². The lowest BCUT2D eigenvalue weighted by Gasteiger charge is -2.05. The summed E-state index contributed by atoms with van der Waals surface area (Å²) in [5.74, 6) is -0.601. The molecule has 0 amide bonds. The molecule has 0 heterocycles.